The van der Waals surface area contributed by atoms with Crippen molar-refractivity contribution >= 4 is 11.8 Å². The molecule has 1 atom stereocenters. The lowest BCUT2D eigenvalue weighted by Gasteiger charge is -2.18. The summed E-state index contributed by atoms with van der Waals surface area (Å²) in [6.07, 6.45) is 0.171. The quantitative estimate of drug-likeness (QED) is 0.570. The molecule has 8 nitrogen and oxygen atoms in total. The summed E-state index contributed by atoms with van der Waals surface area (Å²) in [5.41, 5.74) is -0.357. The van der Waals surface area contributed by atoms with Crippen LogP contribution >= 0.6 is 0 Å². The van der Waals surface area contributed by atoms with Crippen molar-refractivity contribution in [2.24, 2.45) is 0 Å². The first-order valence-corrected chi connectivity index (χ1v) is 4.97. The fourth-order valence-corrected chi connectivity index (χ4v) is 2.01. The molecule has 8 heteroatoms. The van der Waals surface area contributed by atoms with Crippen LogP contribution in [0, 0.1) is 10.1 Å². The van der Waals surface area contributed by atoms with Gasteiger partial charge in [-0.3, -0.25) is 0 Å². The number of hydrogen-bond acceptors (Lipinski definition) is 5. The lowest BCUT2D eigenvalue weighted by molar-refractivity contribution is -0.389. The molecule has 92 valence electrons. The monoisotopic (exact) mass is 241 g/mol. The van der Waals surface area contributed by atoms with Crippen LogP contribution in [0.15, 0.2) is 6.07 Å². The molecular formula is C9H11N3O5. The van der Waals surface area contributed by atoms with Gasteiger partial charge < -0.3 is 20.0 Å². The summed E-state index contributed by atoms with van der Waals surface area (Å²) in [5.74, 6) is -1.33. The molecule has 1 saturated carbocycles. The lowest BCUT2D eigenvalue weighted by Crippen LogP contribution is -2.36. The largest absolute Gasteiger partial charge is 0.479 e. The molecule has 2 N–H and O–H groups in total. The number of carboxylic acids is 1. The van der Waals surface area contributed by atoms with Crippen LogP contribution in [0.3, 0.4) is 0 Å². The van der Waals surface area contributed by atoms with E-state index in [1.165, 1.54) is 13.2 Å². The molecule has 1 aliphatic rings. The van der Waals surface area contributed by atoms with Crippen LogP contribution in [0.2, 0.25) is 0 Å². The van der Waals surface area contributed by atoms with E-state index in [1.54, 1.807) is 0 Å². The number of aliphatic carboxylic acids is 1. The number of aromatic nitrogens is 2. The van der Waals surface area contributed by atoms with Crippen LogP contribution in [0.5, 0.6) is 0 Å². The number of ether oxygens (including phenoxy) is 1. The van der Waals surface area contributed by atoms with Crippen molar-refractivity contribution in [1.82, 2.24) is 10.2 Å². The lowest BCUT2D eigenvalue weighted by atomic mass is 9.95. The highest BCUT2D eigenvalue weighted by Crippen LogP contribution is 2.51. The number of nitrogens with one attached hydrogen (secondary N) is 1. The van der Waals surface area contributed by atoms with E-state index in [9.17, 15) is 14.9 Å². The van der Waals surface area contributed by atoms with Crippen LogP contribution in [0.25, 0.3) is 0 Å². The average Bonchev–Trinajstić information content (AvgIpc) is 2.89. The van der Waals surface area contributed by atoms with E-state index in [0.29, 0.717) is 18.5 Å². The van der Waals surface area contributed by atoms with Crippen molar-refractivity contribution in [2.45, 2.75) is 24.4 Å². The van der Waals surface area contributed by atoms with Gasteiger partial charge in [-0.15, -0.1) is 5.10 Å². The second-order valence-electron chi connectivity index (χ2n) is 4.01. The fraction of sp³-hybridized carbons (Fsp3) is 0.556. The maximum atomic E-state index is 11.0. The minimum atomic E-state index is -1.09. The molecule has 1 unspecified atom stereocenters. The van der Waals surface area contributed by atoms with Crippen molar-refractivity contribution in [3.63, 3.8) is 0 Å². The minimum Gasteiger partial charge on any atom is -0.479 e. The van der Waals surface area contributed by atoms with Gasteiger partial charge in [0.25, 0.3) is 0 Å². The van der Waals surface area contributed by atoms with Gasteiger partial charge >= 0.3 is 11.8 Å². The van der Waals surface area contributed by atoms with Crippen LogP contribution in [0.4, 0.5) is 5.82 Å². The Labute approximate surface area is 95.7 Å². The Bertz CT molecular complexity index is 465. The third-order valence-electron chi connectivity index (χ3n) is 3.02. The Morgan fingerprint density at radius 3 is 2.76 bits per heavy atom. The molecule has 17 heavy (non-hydrogen) atoms. The first kappa shape index (κ1) is 11.5. The molecule has 1 fully saturated rings. The molecule has 0 saturated heterocycles. The number of nitrogens with zero attached hydrogens (tertiary/aromatic N) is 2. The average molecular weight is 241 g/mol. The number of aromatic amines is 1. The van der Waals surface area contributed by atoms with Crippen molar-refractivity contribution in [3.8, 4) is 0 Å². The molecular weight excluding hydrogens is 230 g/mol. The molecule has 0 spiro atoms. The van der Waals surface area contributed by atoms with Gasteiger partial charge in [0.2, 0.25) is 0 Å². The fourth-order valence-electron chi connectivity index (χ4n) is 2.01. The Morgan fingerprint density at radius 2 is 2.41 bits per heavy atom. The van der Waals surface area contributed by atoms with Crippen LogP contribution in [-0.4, -0.2) is 39.4 Å². The number of carbonyl (C=O) groups is 1. The van der Waals surface area contributed by atoms with E-state index in [2.05, 4.69) is 10.2 Å². The van der Waals surface area contributed by atoms with Crippen molar-refractivity contribution in [3.05, 3.63) is 21.9 Å². The highest BCUT2D eigenvalue weighted by atomic mass is 16.6. The highest BCUT2D eigenvalue weighted by Gasteiger charge is 2.57. The summed E-state index contributed by atoms with van der Waals surface area (Å²) >= 11 is 0. The zero-order valence-electron chi connectivity index (χ0n) is 9.04. The summed E-state index contributed by atoms with van der Waals surface area (Å²) in [4.78, 5) is 21.0. The molecule has 1 aliphatic carbocycles. The predicted molar refractivity (Wildman–Crippen MR) is 54.6 cm³/mol. The Morgan fingerprint density at radius 1 is 1.76 bits per heavy atom. The zero-order valence-corrected chi connectivity index (χ0v) is 9.04. The van der Waals surface area contributed by atoms with E-state index in [-0.39, 0.29) is 5.82 Å². The normalized spacial score (nSPS) is 18.6. The van der Waals surface area contributed by atoms with E-state index in [0.717, 1.165) is 0 Å². The van der Waals surface area contributed by atoms with Crippen molar-refractivity contribution < 1.29 is 19.6 Å². The van der Waals surface area contributed by atoms with Gasteiger partial charge in [0.05, 0.1) is 11.5 Å². The standard InChI is InChI=1S/C9H11N3O5/c1-17-7(8(13)14)9(2-3-9)5-4-6(11-10-5)12(15)16/h4,7H,2-3H2,1H3,(H,10,11)(H,13,14). The van der Waals surface area contributed by atoms with Gasteiger partial charge in [-0.1, -0.05) is 5.10 Å². The van der Waals surface area contributed by atoms with Crippen LogP contribution < -0.4 is 0 Å². The van der Waals surface area contributed by atoms with E-state index < -0.39 is 22.4 Å². The Hall–Kier alpha value is -1.96. The van der Waals surface area contributed by atoms with Gasteiger partial charge in [0.1, 0.15) is 5.69 Å². The first-order valence-electron chi connectivity index (χ1n) is 4.97. The molecule has 0 bridgehead atoms. The molecule has 0 amide bonds. The summed E-state index contributed by atoms with van der Waals surface area (Å²) in [6.45, 7) is 0. The third kappa shape index (κ3) is 1.76. The van der Waals surface area contributed by atoms with Gasteiger partial charge in [0, 0.05) is 7.11 Å². The molecule has 1 heterocycles. The summed E-state index contributed by atoms with van der Waals surface area (Å²) < 4.78 is 4.94. The van der Waals surface area contributed by atoms with E-state index in [4.69, 9.17) is 9.84 Å². The number of carboxylic acid groups (broad SMARTS) is 1. The molecule has 0 radical (unpaired) electrons. The van der Waals surface area contributed by atoms with Gasteiger partial charge in [0.15, 0.2) is 6.10 Å². The zero-order chi connectivity index (χ0) is 12.6. The first-order chi connectivity index (χ1) is 8.01. The molecule has 2 rings (SSSR count). The molecule has 0 aromatic carbocycles. The van der Waals surface area contributed by atoms with E-state index >= 15 is 0 Å². The SMILES string of the molecule is COC(C(=O)O)C1(c2cc([N+](=O)[O-])[nH]n2)CC1. The summed E-state index contributed by atoms with van der Waals surface area (Å²) in [7, 11) is 1.31. The van der Waals surface area contributed by atoms with Crippen LogP contribution in [-0.2, 0) is 14.9 Å². The summed E-state index contributed by atoms with van der Waals surface area (Å²) in [5, 5.41) is 25.6. The second kappa shape index (κ2) is 3.81. The second-order valence-corrected chi connectivity index (χ2v) is 4.01. The maximum absolute atomic E-state index is 11.0. The van der Waals surface area contributed by atoms with Crippen molar-refractivity contribution in [1.29, 1.82) is 0 Å². The van der Waals surface area contributed by atoms with Gasteiger partial charge in [-0.25, -0.2) is 4.79 Å². The Kier molecular flexibility index (Phi) is 2.58. The Balaban J connectivity index is 2.31. The van der Waals surface area contributed by atoms with E-state index in [1.807, 2.05) is 0 Å². The summed E-state index contributed by atoms with van der Waals surface area (Å²) in [6, 6.07) is 1.27. The number of hydrogen-bond donors (Lipinski definition) is 2. The molecule has 1 aromatic rings. The van der Waals surface area contributed by atoms with Gasteiger partial charge in [-0.2, -0.15) is 0 Å². The molecule has 1 aromatic heterocycles. The number of rotatable bonds is 5. The number of nitro groups is 1. The smallest absolute Gasteiger partial charge is 0.342 e. The topological polar surface area (TPSA) is 118 Å². The number of methoxy groups -OCH3 is 1. The third-order valence-corrected chi connectivity index (χ3v) is 3.02. The van der Waals surface area contributed by atoms with Crippen LogP contribution in [0.1, 0.15) is 18.5 Å². The minimum absolute atomic E-state index is 0.244. The predicted octanol–water partition coefficient (Wildman–Crippen LogP) is 0.449. The highest BCUT2D eigenvalue weighted by molar-refractivity contribution is 5.76. The molecule has 0 aliphatic heterocycles. The van der Waals surface area contributed by atoms with Crippen molar-refractivity contribution in [2.75, 3.05) is 7.11 Å². The number of H-pyrrole nitrogens is 1. The maximum Gasteiger partial charge on any atom is 0.342 e. The van der Waals surface area contributed by atoms with Gasteiger partial charge in [-0.05, 0) is 17.8 Å².